The molecule has 0 bridgehead atoms. The van der Waals surface area contributed by atoms with Gasteiger partial charge in [0.05, 0.1) is 6.54 Å². The third-order valence-corrected chi connectivity index (χ3v) is 2.59. The number of rotatable bonds is 7. The molecule has 0 aliphatic heterocycles. The van der Waals surface area contributed by atoms with Crippen molar-refractivity contribution in [2.75, 3.05) is 30.4 Å². The Balaban J connectivity index is 2.72. The molecule has 1 rings (SSSR count). The average Bonchev–Trinajstić information content (AvgIpc) is 2.37. The van der Waals surface area contributed by atoms with Gasteiger partial charge < -0.3 is 19.7 Å². The Morgan fingerprint density at radius 1 is 1.53 bits per heavy atom. The van der Waals surface area contributed by atoms with Crippen molar-refractivity contribution in [2.24, 2.45) is 0 Å². The summed E-state index contributed by atoms with van der Waals surface area (Å²) in [5.74, 6) is -0.111. The highest BCUT2D eigenvalue weighted by molar-refractivity contribution is 5.89. The first-order valence-electron chi connectivity index (χ1n) is 6.22. The molecule has 104 valence electrons. The number of ether oxygens (including phenoxy) is 1. The first-order chi connectivity index (χ1) is 9.06. The molecule has 0 fully saturated rings. The number of likely N-dealkylation sites (N-methyl/N-ethyl adjacent to an activating group) is 1. The van der Waals surface area contributed by atoms with Crippen LogP contribution in [-0.4, -0.2) is 38.5 Å². The number of hydrogen-bond acceptors (Lipinski definition) is 4. The number of hydrogen-bond donors (Lipinski definition) is 1. The minimum absolute atomic E-state index is 0.111. The standard InChI is InChI=1S/C14H20N2O3/c1-4-19-14(10-17)9-16(3)13-7-5-6-12(8-13)15-11(2)18/h5-8,10,14H,4,9H2,1-3H3,(H,15,18). The summed E-state index contributed by atoms with van der Waals surface area (Å²) in [6.45, 7) is 4.30. The zero-order chi connectivity index (χ0) is 14.3. The van der Waals surface area contributed by atoms with Crippen LogP contribution in [0.2, 0.25) is 0 Å². The zero-order valence-corrected chi connectivity index (χ0v) is 11.6. The van der Waals surface area contributed by atoms with Crippen LogP contribution in [0, 0.1) is 0 Å². The van der Waals surface area contributed by atoms with E-state index in [0.29, 0.717) is 13.2 Å². The fourth-order valence-corrected chi connectivity index (χ4v) is 1.75. The van der Waals surface area contributed by atoms with Gasteiger partial charge in [0.25, 0.3) is 0 Å². The normalized spacial score (nSPS) is 11.7. The second-order valence-corrected chi connectivity index (χ2v) is 4.24. The first-order valence-corrected chi connectivity index (χ1v) is 6.22. The lowest BCUT2D eigenvalue weighted by Crippen LogP contribution is -2.32. The Kier molecular flexibility index (Phi) is 6.02. The zero-order valence-electron chi connectivity index (χ0n) is 11.6. The van der Waals surface area contributed by atoms with Gasteiger partial charge in [0.2, 0.25) is 5.91 Å². The second kappa shape index (κ2) is 7.53. The topological polar surface area (TPSA) is 58.6 Å². The lowest BCUT2D eigenvalue weighted by atomic mass is 10.2. The molecule has 1 amide bonds. The summed E-state index contributed by atoms with van der Waals surface area (Å²) < 4.78 is 5.30. The molecule has 1 aromatic rings. The van der Waals surface area contributed by atoms with Gasteiger partial charge in [-0.05, 0) is 25.1 Å². The Morgan fingerprint density at radius 3 is 2.84 bits per heavy atom. The number of nitrogens with zero attached hydrogens (tertiary/aromatic N) is 1. The molecule has 1 unspecified atom stereocenters. The van der Waals surface area contributed by atoms with Gasteiger partial charge in [0.1, 0.15) is 6.10 Å². The van der Waals surface area contributed by atoms with Gasteiger partial charge in [0, 0.05) is 32.0 Å². The summed E-state index contributed by atoms with van der Waals surface area (Å²) in [6, 6.07) is 7.44. The monoisotopic (exact) mass is 264 g/mol. The molecule has 1 aromatic carbocycles. The number of carbonyl (C=O) groups is 2. The SMILES string of the molecule is CCOC(C=O)CN(C)c1cccc(NC(C)=O)c1. The van der Waals surface area contributed by atoms with Gasteiger partial charge >= 0.3 is 0 Å². The Hall–Kier alpha value is -1.88. The van der Waals surface area contributed by atoms with Crippen LogP contribution in [0.1, 0.15) is 13.8 Å². The third kappa shape index (κ3) is 5.09. The molecule has 5 heteroatoms. The predicted molar refractivity (Wildman–Crippen MR) is 75.5 cm³/mol. The molecule has 5 nitrogen and oxygen atoms in total. The van der Waals surface area contributed by atoms with Gasteiger partial charge in [-0.1, -0.05) is 6.07 Å². The van der Waals surface area contributed by atoms with E-state index in [1.54, 1.807) is 0 Å². The highest BCUT2D eigenvalue weighted by Crippen LogP contribution is 2.18. The summed E-state index contributed by atoms with van der Waals surface area (Å²) >= 11 is 0. The fraction of sp³-hybridized carbons (Fsp3) is 0.429. The maximum Gasteiger partial charge on any atom is 0.221 e. The molecule has 0 aromatic heterocycles. The van der Waals surface area contributed by atoms with E-state index < -0.39 is 6.10 Å². The number of aldehydes is 1. The van der Waals surface area contributed by atoms with Crippen molar-refractivity contribution in [2.45, 2.75) is 20.0 Å². The molecule has 0 aliphatic rings. The molecule has 19 heavy (non-hydrogen) atoms. The van der Waals surface area contributed by atoms with Crippen LogP contribution in [-0.2, 0) is 14.3 Å². The summed E-state index contributed by atoms with van der Waals surface area (Å²) in [7, 11) is 1.88. The largest absolute Gasteiger partial charge is 0.371 e. The quantitative estimate of drug-likeness (QED) is 0.761. The van der Waals surface area contributed by atoms with Crippen molar-refractivity contribution in [3.8, 4) is 0 Å². The molecule has 1 atom stereocenters. The van der Waals surface area contributed by atoms with Crippen LogP contribution < -0.4 is 10.2 Å². The second-order valence-electron chi connectivity index (χ2n) is 4.24. The van der Waals surface area contributed by atoms with E-state index in [1.807, 2.05) is 43.1 Å². The van der Waals surface area contributed by atoms with Crippen molar-refractivity contribution >= 4 is 23.6 Å². The number of benzene rings is 1. The van der Waals surface area contributed by atoms with Gasteiger partial charge in [-0.2, -0.15) is 0 Å². The van der Waals surface area contributed by atoms with E-state index in [2.05, 4.69) is 5.32 Å². The molecule has 0 saturated carbocycles. The van der Waals surface area contributed by atoms with Crippen molar-refractivity contribution in [1.29, 1.82) is 0 Å². The minimum atomic E-state index is -0.445. The van der Waals surface area contributed by atoms with E-state index in [9.17, 15) is 9.59 Å². The molecular weight excluding hydrogens is 244 g/mol. The van der Waals surface area contributed by atoms with Crippen LogP contribution in [0.4, 0.5) is 11.4 Å². The fourth-order valence-electron chi connectivity index (χ4n) is 1.75. The lowest BCUT2D eigenvalue weighted by molar-refractivity contribution is -0.117. The van der Waals surface area contributed by atoms with Crippen LogP contribution in [0.3, 0.4) is 0 Å². The van der Waals surface area contributed by atoms with Crippen molar-refractivity contribution in [3.05, 3.63) is 24.3 Å². The van der Waals surface area contributed by atoms with E-state index in [-0.39, 0.29) is 5.91 Å². The van der Waals surface area contributed by atoms with Crippen LogP contribution >= 0.6 is 0 Å². The van der Waals surface area contributed by atoms with Crippen LogP contribution in [0.25, 0.3) is 0 Å². The highest BCUT2D eigenvalue weighted by Gasteiger charge is 2.11. The Bertz CT molecular complexity index is 434. The maximum absolute atomic E-state index is 11.0. The van der Waals surface area contributed by atoms with Crippen molar-refractivity contribution < 1.29 is 14.3 Å². The van der Waals surface area contributed by atoms with Gasteiger partial charge in [-0.25, -0.2) is 0 Å². The van der Waals surface area contributed by atoms with E-state index >= 15 is 0 Å². The molecule has 0 spiro atoms. The molecule has 0 radical (unpaired) electrons. The molecule has 0 saturated heterocycles. The number of carbonyl (C=O) groups excluding carboxylic acids is 2. The van der Waals surface area contributed by atoms with Crippen LogP contribution in [0.5, 0.6) is 0 Å². The van der Waals surface area contributed by atoms with Gasteiger partial charge in [-0.15, -0.1) is 0 Å². The van der Waals surface area contributed by atoms with Gasteiger partial charge in [0.15, 0.2) is 6.29 Å². The molecule has 0 aliphatic carbocycles. The summed E-state index contributed by atoms with van der Waals surface area (Å²) in [6.07, 6.45) is 0.358. The third-order valence-electron chi connectivity index (χ3n) is 2.59. The van der Waals surface area contributed by atoms with Gasteiger partial charge in [-0.3, -0.25) is 4.79 Å². The van der Waals surface area contributed by atoms with Crippen LogP contribution in [0.15, 0.2) is 24.3 Å². The summed E-state index contributed by atoms with van der Waals surface area (Å²) in [5.41, 5.74) is 1.65. The number of amides is 1. The molecule has 1 N–H and O–H groups in total. The number of anilines is 2. The molecule has 0 heterocycles. The first kappa shape index (κ1) is 15.2. The average molecular weight is 264 g/mol. The summed E-state index contributed by atoms with van der Waals surface area (Å²) in [5, 5.41) is 2.73. The Morgan fingerprint density at radius 2 is 2.26 bits per heavy atom. The highest BCUT2D eigenvalue weighted by atomic mass is 16.5. The van der Waals surface area contributed by atoms with Crippen molar-refractivity contribution in [3.63, 3.8) is 0 Å². The molecular formula is C14H20N2O3. The van der Waals surface area contributed by atoms with E-state index in [0.717, 1.165) is 17.7 Å². The summed E-state index contributed by atoms with van der Waals surface area (Å²) in [4.78, 5) is 23.8. The Labute approximate surface area is 113 Å². The lowest BCUT2D eigenvalue weighted by Gasteiger charge is -2.23. The maximum atomic E-state index is 11.0. The number of nitrogens with one attached hydrogen (secondary N) is 1. The van der Waals surface area contributed by atoms with E-state index in [4.69, 9.17) is 4.74 Å². The predicted octanol–water partition coefficient (Wildman–Crippen LogP) is 1.69. The van der Waals surface area contributed by atoms with Crippen molar-refractivity contribution in [1.82, 2.24) is 0 Å². The van der Waals surface area contributed by atoms with E-state index in [1.165, 1.54) is 6.92 Å². The minimum Gasteiger partial charge on any atom is -0.371 e. The smallest absolute Gasteiger partial charge is 0.221 e.